The summed E-state index contributed by atoms with van der Waals surface area (Å²) in [4.78, 5) is 0. The summed E-state index contributed by atoms with van der Waals surface area (Å²) in [5.41, 5.74) is 10.6. The van der Waals surface area contributed by atoms with Crippen molar-refractivity contribution in [2.45, 2.75) is 6.42 Å². The fraction of sp³-hybridized carbons (Fsp3) is 1.00. The van der Waals surface area contributed by atoms with Crippen LogP contribution in [0.3, 0.4) is 0 Å². The van der Waals surface area contributed by atoms with E-state index in [0.717, 1.165) is 45.7 Å². The van der Waals surface area contributed by atoms with Crippen LogP contribution in [-0.2, 0) is 8.46 Å². The molecule has 93 valence electrons. The van der Waals surface area contributed by atoms with Crippen LogP contribution in [0.15, 0.2) is 0 Å². The zero-order chi connectivity index (χ0) is 11.1. The van der Waals surface area contributed by atoms with Gasteiger partial charge in [-0.05, 0) is 19.5 Å². The number of nitrogens with one attached hydrogen (secondary N) is 2. The predicted molar refractivity (Wildman–Crippen MR) is 76.5 cm³/mol. The van der Waals surface area contributed by atoms with Crippen LogP contribution in [0, 0.1) is 0 Å². The fourth-order valence-corrected chi connectivity index (χ4v) is 0.793. The fourth-order valence-electron chi connectivity index (χ4n) is 0.793. The van der Waals surface area contributed by atoms with Crippen molar-refractivity contribution in [1.82, 2.24) is 10.6 Å². The molecule has 0 fully saturated rings. The molecule has 6 N–H and O–H groups in total. The van der Waals surface area contributed by atoms with E-state index < -0.39 is 0 Å². The van der Waals surface area contributed by atoms with Crippen LogP contribution in [0.4, 0.5) is 0 Å². The van der Waals surface area contributed by atoms with Gasteiger partial charge in [0.1, 0.15) is 0 Å². The van der Waals surface area contributed by atoms with E-state index in [2.05, 4.69) is 51.3 Å². The molecule has 0 unspecified atom stereocenters. The Morgan fingerprint density at radius 1 is 0.857 bits per heavy atom. The summed E-state index contributed by atoms with van der Waals surface area (Å²) >= 11 is 4.36. The Bertz CT molecular complexity index is 82.1. The van der Waals surface area contributed by atoms with Crippen molar-refractivity contribution < 1.29 is 8.46 Å². The van der Waals surface area contributed by atoms with Crippen LogP contribution in [0.2, 0.25) is 0 Å². The molecule has 14 heavy (non-hydrogen) atoms. The summed E-state index contributed by atoms with van der Waals surface area (Å²) < 4.78 is 0. The van der Waals surface area contributed by atoms with Crippen molar-refractivity contribution in [1.29, 1.82) is 0 Å². The van der Waals surface area contributed by atoms with Crippen molar-refractivity contribution in [3.05, 3.63) is 0 Å². The molecule has 0 aromatic carbocycles. The van der Waals surface area contributed by atoms with Gasteiger partial charge in [0.05, 0.1) is 0 Å². The van der Waals surface area contributed by atoms with Crippen LogP contribution < -0.4 is 22.1 Å². The van der Waals surface area contributed by atoms with Gasteiger partial charge in [-0.25, -0.2) is 0 Å². The molecule has 0 aliphatic carbocycles. The minimum atomic E-state index is 0.718. The van der Waals surface area contributed by atoms with Crippen molar-refractivity contribution in [2.24, 2.45) is 11.5 Å². The van der Waals surface area contributed by atoms with E-state index in [1.165, 1.54) is 0 Å². The van der Waals surface area contributed by atoms with E-state index in [0.29, 0.717) is 0 Å². The van der Waals surface area contributed by atoms with E-state index in [9.17, 15) is 0 Å². The molecule has 0 aliphatic heterocycles. The molecule has 7 heteroatoms. The molecule has 4 nitrogen and oxygen atoms in total. The summed E-state index contributed by atoms with van der Waals surface area (Å²) in [6.45, 7) is 5.34. The van der Waals surface area contributed by atoms with Crippen molar-refractivity contribution in [2.75, 3.05) is 39.3 Å². The average molecular weight is 478 g/mol. The molecule has 0 saturated heterocycles. The molecule has 0 amide bonds. The Labute approximate surface area is 116 Å². The van der Waals surface area contributed by atoms with E-state index >= 15 is 0 Å². The van der Waals surface area contributed by atoms with E-state index in [1.807, 2.05) is 0 Å². The van der Waals surface area contributed by atoms with Crippen LogP contribution in [0.5, 0.6) is 0 Å². The number of hydrogen-bond acceptors (Lipinski definition) is 4. The second-order valence-electron chi connectivity index (χ2n) is 2.47. The maximum absolute atomic E-state index is 5.30. The SMILES string of the molecule is NCCNCCCNCCN.[I][Cu][I]. The van der Waals surface area contributed by atoms with Gasteiger partial charge < -0.3 is 22.1 Å². The Kier molecular flexibility index (Phi) is 26.3. The monoisotopic (exact) mass is 477 g/mol. The zero-order valence-corrected chi connectivity index (χ0v) is 13.4. The minimum absolute atomic E-state index is 0.718. The van der Waals surface area contributed by atoms with Gasteiger partial charge >= 0.3 is 49.1 Å². The summed E-state index contributed by atoms with van der Waals surface area (Å²) in [5, 5.41) is 6.43. The van der Waals surface area contributed by atoms with Crippen LogP contribution in [0.25, 0.3) is 0 Å². The van der Waals surface area contributed by atoms with E-state index in [1.54, 1.807) is 8.46 Å². The number of halogens is 2. The summed E-state index contributed by atoms with van der Waals surface area (Å²) in [6, 6.07) is 0. The first kappa shape index (κ1) is 18.2. The molecule has 0 atom stereocenters. The number of nitrogens with two attached hydrogens (primary N) is 2. The van der Waals surface area contributed by atoms with E-state index in [-0.39, 0.29) is 0 Å². The molecule has 0 spiro atoms. The average Bonchev–Trinajstić information content (AvgIpc) is 2.18. The Morgan fingerprint density at radius 3 is 1.50 bits per heavy atom. The maximum atomic E-state index is 5.30. The van der Waals surface area contributed by atoms with Gasteiger partial charge in [0, 0.05) is 26.2 Å². The molecular weight excluding hydrogens is 457 g/mol. The quantitative estimate of drug-likeness (QED) is 0.230. The van der Waals surface area contributed by atoms with Crippen LogP contribution >= 0.6 is 40.7 Å². The molecule has 0 rings (SSSR count). The summed E-state index contributed by atoms with van der Waals surface area (Å²) in [5.74, 6) is 0. The Morgan fingerprint density at radius 2 is 1.21 bits per heavy atom. The molecule has 0 aliphatic rings. The molecule has 0 bridgehead atoms. The summed E-state index contributed by atoms with van der Waals surface area (Å²) in [6.07, 6.45) is 1.14. The van der Waals surface area contributed by atoms with E-state index in [4.69, 9.17) is 11.5 Å². The van der Waals surface area contributed by atoms with Gasteiger partial charge in [-0.2, -0.15) is 0 Å². The molecule has 0 saturated carbocycles. The topological polar surface area (TPSA) is 76.1 Å². The molecule has 0 radical (unpaired) electrons. The van der Waals surface area contributed by atoms with Crippen LogP contribution in [0.1, 0.15) is 6.42 Å². The first-order chi connectivity index (χ1) is 6.83. The van der Waals surface area contributed by atoms with Crippen LogP contribution in [-0.4, -0.2) is 39.3 Å². The third-order valence-electron chi connectivity index (χ3n) is 1.35. The first-order valence-electron chi connectivity index (χ1n) is 4.46. The van der Waals surface area contributed by atoms with Gasteiger partial charge in [-0.15, -0.1) is 0 Å². The molecular formula is C7H20CuI2N4. The standard InChI is InChI=1S/C7H20N4.Cu.2HI/c8-2-6-10-4-1-5-11-7-3-9;;;/h10-11H,1-9H2;;2*1H/q;+2;;/p-2. The Balaban J connectivity index is 0. The van der Waals surface area contributed by atoms with Gasteiger partial charge in [-0.3, -0.25) is 0 Å². The number of hydrogen-bond donors (Lipinski definition) is 4. The van der Waals surface area contributed by atoms with Gasteiger partial charge in [0.15, 0.2) is 0 Å². The first-order valence-corrected chi connectivity index (χ1v) is 10.5. The van der Waals surface area contributed by atoms with Gasteiger partial charge in [0.2, 0.25) is 0 Å². The zero-order valence-electron chi connectivity index (χ0n) is 8.16. The molecule has 0 aromatic rings. The number of rotatable bonds is 8. The van der Waals surface area contributed by atoms with Crippen molar-refractivity contribution >= 4 is 40.7 Å². The summed E-state index contributed by atoms with van der Waals surface area (Å²) in [7, 11) is 1.75. The predicted octanol–water partition coefficient (Wildman–Crippen LogP) is 0.242. The van der Waals surface area contributed by atoms with Crippen molar-refractivity contribution in [3.63, 3.8) is 0 Å². The second-order valence-corrected chi connectivity index (χ2v) is 10.4. The third-order valence-corrected chi connectivity index (χ3v) is 1.35. The van der Waals surface area contributed by atoms with Gasteiger partial charge in [0.25, 0.3) is 0 Å². The molecule has 0 aromatic heterocycles. The van der Waals surface area contributed by atoms with Crippen molar-refractivity contribution in [3.8, 4) is 0 Å². The second kappa shape index (κ2) is 20.3. The van der Waals surface area contributed by atoms with Gasteiger partial charge in [-0.1, -0.05) is 0 Å². The molecule has 0 heterocycles. The third kappa shape index (κ3) is 23.6. The Hall–Kier alpha value is 1.82. The normalized spacial score (nSPS) is 9.71.